The van der Waals surface area contributed by atoms with Gasteiger partial charge in [0, 0.05) is 25.7 Å². The van der Waals surface area contributed by atoms with Gasteiger partial charge in [-0.15, -0.1) is 0 Å². The van der Waals surface area contributed by atoms with Gasteiger partial charge in [-0.05, 0) is 105 Å². The summed E-state index contributed by atoms with van der Waals surface area (Å²) in [4.78, 5) is 16.1. The molecule has 0 aliphatic carbocycles. The zero-order valence-electron chi connectivity index (χ0n) is 22.0. The maximum Gasteiger partial charge on any atom is 0.329 e. The predicted octanol–water partition coefficient (Wildman–Crippen LogP) is 6.76. The number of hydrogen-bond acceptors (Lipinski definition) is 2. The van der Waals surface area contributed by atoms with Crippen LogP contribution in [0, 0.1) is 11.6 Å². The summed E-state index contributed by atoms with van der Waals surface area (Å²) in [5.41, 5.74) is 4.18. The Morgan fingerprint density at radius 1 is 0.684 bits per heavy atom. The lowest BCUT2D eigenvalue weighted by molar-refractivity contribution is 0.183. The highest BCUT2D eigenvalue weighted by molar-refractivity contribution is 5.76. The first-order chi connectivity index (χ1) is 18.6. The third-order valence-corrected chi connectivity index (χ3v) is 7.86. The molecule has 1 aromatic heterocycles. The molecule has 38 heavy (non-hydrogen) atoms. The maximum atomic E-state index is 13.6. The van der Waals surface area contributed by atoms with E-state index in [1.807, 2.05) is 39.5 Å². The summed E-state index contributed by atoms with van der Waals surface area (Å²) in [5.74, 6) is -0.359. The summed E-state index contributed by atoms with van der Waals surface area (Å²) in [6.07, 6.45) is 7.59. The minimum atomic E-state index is -0.197. The first kappa shape index (κ1) is 26.4. The monoisotopic (exact) mass is 517 g/mol. The van der Waals surface area contributed by atoms with E-state index in [2.05, 4.69) is 11.0 Å². The molecule has 0 amide bonds. The number of para-hydroxylation sites is 2. The fourth-order valence-corrected chi connectivity index (χ4v) is 5.85. The van der Waals surface area contributed by atoms with Gasteiger partial charge in [0.2, 0.25) is 0 Å². The van der Waals surface area contributed by atoms with Crippen LogP contribution >= 0.6 is 0 Å². The quantitative estimate of drug-likeness (QED) is 0.206. The molecule has 1 aliphatic rings. The van der Waals surface area contributed by atoms with Crippen LogP contribution < -0.4 is 5.69 Å². The highest BCUT2D eigenvalue weighted by Gasteiger charge is 2.25. The molecule has 2 heterocycles. The van der Waals surface area contributed by atoms with Crippen molar-refractivity contribution in [2.75, 3.05) is 19.6 Å². The summed E-state index contributed by atoms with van der Waals surface area (Å²) in [6.45, 7) is 3.70. The van der Waals surface area contributed by atoms with Crippen LogP contribution in [0.4, 0.5) is 8.78 Å². The van der Waals surface area contributed by atoms with Crippen molar-refractivity contribution in [3.8, 4) is 0 Å². The number of imidazole rings is 1. The molecular formula is C32H37F2N3O. The number of hydrogen-bond donors (Lipinski definition) is 0. The van der Waals surface area contributed by atoms with Gasteiger partial charge >= 0.3 is 5.69 Å². The van der Waals surface area contributed by atoms with Crippen LogP contribution in [-0.4, -0.2) is 33.7 Å². The number of rotatable bonds is 11. The van der Waals surface area contributed by atoms with Gasteiger partial charge in [-0.1, -0.05) is 36.4 Å². The molecule has 0 N–H and O–H groups in total. The number of benzene rings is 3. The lowest BCUT2D eigenvalue weighted by Gasteiger charge is -2.32. The average Bonchev–Trinajstić information content (AvgIpc) is 3.20. The van der Waals surface area contributed by atoms with Gasteiger partial charge in [-0.25, -0.2) is 13.6 Å². The van der Waals surface area contributed by atoms with E-state index in [0.29, 0.717) is 6.54 Å². The van der Waals surface area contributed by atoms with Gasteiger partial charge in [-0.2, -0.15) is 0 Å². The summed E-state index contributed by atoms with van der Waals surface area (Å²) < 4.78 is 30.8. The molecular weight excluding hydrogens is 480 g/mol. The molecule has 5 rings (SSSR count). The van der Waals surface area contributed by atoms with Crippen LogP contribution in [-0.2, 0) is 19.4 Å². The highest BCUT2D eigenvalue weighted by atomic mass is 19.1. The normalized spacial score (nSPS) is 14.9. The lowest BCUT2D eigenvalue weighted by atomic mass is 10.0. The molecule has 0 radical (unpaired) electrons. The molecule has 1 saturated heterocycles. The van der Waals surface area contributed by atoms with E-state index >= 15 is 0 Å². The Balaban J connectivity index is 1.15. The van der Waals surface area contributed by atoms with Crippen molar-refractivity contribution in [1.29, 1.82) is 0 Å². The molecule has 3 aromatic carbocycles. The summed E-state index contributed by atoms with van der Waals surface area (Å²) in [5, 5.41) is 0. The van der Waals surface area contributed by atoms with Crippen molar-refractivity contribution in [1.82, 2.24) is 14.0 Å². The molecule has 6 heteroatoms. The minimum Gasteiger partial charge on any atom is -0.303 e. The van der Waals surface area contributed by atoms with Crippen LogP contribution in [0.5, 0.6) is 0 Å². The molecule has 200 valence electrons. The fraction of sp³-hybridized carbons (Fsp3) is 0.406. The number of unbranched alkanes of at least 4 members (excludes halogenated alkanes) is 2. The number of nitrogens with zero attached hydrogens (tertiary/aromatic N) is 3. The number of aromatic nitrogens is 2. The molecule has 0 saturated carbocycles. The minimum absolute atomic E-state index is 0.0884. The van der Waals surface area contributed by atoms with Crippen molar-refractivity contribution in [2.24, 2.45) is 0 Å². The van der Waals surface area contributed by atoms with E-state index in [4.69, 9.17) is 0 Å². The first-order valence-electron chi connectivity index (χ1n) is 14.0. The number of likely N-dealkylation sites (tertiary alicyclic amines) is 1. The van der Waals surface area contributed by atoms with Crippen molar-refractivity contribution in [2.45, 2.75) is 64.0 Å². The van der Waals surface area contributed by atoms with E-state index in [0.717, 1.165) is 93.2 Å². The summed E-state index contributed by atoms with van der Waals surface area (Å²) in [6, 6.07) is 22.0. The molecule has 4 aromatic rings. The van der Waals surface area contributed by atoms with Crippen molar-refractivity contribution >= 4 is 11.0 Å². The van der Waals surface area contributed by atoms with Gasteiger partial charge in [0.05, 0.1) is 11.0 Å². The van der Waals surface area contributed by atoms with Crippen LogP contribution in [0.25, 0.3) is 11.0 Å². The second-order valence-electron chi connectivity index (χ2n) is 10.5. The van der Waals surface area contributed by atoms with Crippen molar-refractivity contribution in [3.63, 3.8) is 0 Å². The Kier molecular flexibility index (Phi) is 8.69. The average molecular weight is 518 g/mol. The number of fused-ring (bicyclic) bond motifs is 1. The van der Waals surface area contributed by atoms with Gasteiger partial charge in [0.15, 0.2) is 0 Å². The Hall–Kier alpha value is -3.25. The number of halogens is 2. The third-order valence-electron chi connectivity index (χ3n) is 7.86. The molecule has 0 bridgehead atoms. The topological polar surface area (TPSA) is 30.2 Å². The molecule has 1 fully saturated rings. The first-order valence-corrected chi connectivity index (χ1v) is 14.0. The van der Waals surface area contributed by atoms with Gasteiger partial charge in [-0.3, -0.25) is 9.13 Å². The Bertz CT molecular complexity index is 1400. The highest BCUT2D eigenvalue weighted by Crippen LogP contribution is 2.26. The zero-order chi connectivity index (χ0) is 26.3. The van der Waals surface area contributed by atoms with Crippen molar-refractivity contribution < 1.29 is 8.78 Å². The van der Waals surface area contributed by atoms with Crippen LogP contribution in [0.15, 0.2) is 77.6 Å². The van der Waals surface area contributed by atoms with Gasteiger partial charge < -0.3 is 4.90 Å². The Morgan fingerprint density at radius 3 is 1.87 bits per heavy atom. The second kappa shape index (κ2) is 12.5. The molecule has 4 nitrogen and oxygen atoms in total. The van der Waals surface area contributed by atoms with E-state index in [9.17, 15) is 13.6 Å². The van der Waals surface area contributed by atoms with E-state index < -0.39 is 0 Å². The number of aryl methyl sites for hydroxylation is 3. The molecule has 0 atom stereocenters. The van der Waals surface area contributed by atoms with Crippen LogP contribution in [0.2, 0.25) is 0 Å². The predicted molar refractivity (Wildman–Crippen MR) is 150 cm³/mol. The standard InChI is InChI=1S/C32H37F2N3O/c33-27-13-7-11-25(23-27)9-3-5-19-35-21-17-29(18-22-35)37-31-16-2-1-15-30(31)36(32(37)38)20-6-4-10-26-12-8-14-28(34)24-26/h1-2,7-8,11-16,23-24,29H,3-6,9-10,17-22H2. The lowest BCUT2D eigenvalue weighted by Crippen LogP contribution is -2.38. The summed E-state index contributed by atoms with van der Waals surface area (Å²) in [7, 11) is 0. The molecule has 0 spiro atoms. The number of piperidine rings is 1. The van der Waals surface area contributed by atoms with E-state index in [1.165, 1.54) is 12.1 Å². The van der Waals surface area contributed by atoms with Crippen molar-refractivity contribution in [3.05, 3.63) is 106 Å². The van der Waals surface area contributed by atoms with Crippen LogP contribution in [0.3, 0.4) is 0 Å². The van der Waals surface area contributed by atoms with Gasteiger partial charge in [0.25, 0.3) is 0 Å². The Morgan fingerprint density at radius 2 is 1.26 bits per heavy atom. The third kappa shape index (κ3) is 6.41. The van der Waals surface area contributed by atoms with E-state index in [1.54, 1.807) is 24.3 Å². The molecule has 0 unspecified atom stereocenters. The van der Waals surface area contributed by atoms with E-state index in [-0.39, 0.29) is 23.4 Å². The SMILES string of the molecule is O=c1n(CCCCc2cccc(F)c2)c2ccccc2n1C1CCN(CCCCc2cccc(F)c2)CC1. The maximum absolute atomic E-state index is 13.6. The Labute approximate surface area is 223 Å². The van der Waals surface area contributed by atoms with Gasteiger partial charge in [0.1, 0.15) is 11.6 Å². The zero-order valence-corrected chi connectivity index (χ0v) is 22.0. The smallest absolute Gasteiger partial charge is 0.303 e. The second-order valence-corrected chi connectivity index (χ2v) is 10.5. The van der Waals surface area contributed by atoms with Crippen LogP contribution in [0.1, 0.15) is 55.7 Å². The summed E-state index contributed by atoms with van der Waals surface area (Å²) >= 11 is 0. The fourth-order valence-electron chi connectivity index (χ4n) is 5.85. The largest absolute Gasteiger partial charge is 0.329 e. The molecule has 1 aliphatic heterocycles.